The van der Waals surface area contributed by atoms with E-state index in [-0.39, 0.29) is 5.96 Å². The summed E-state index contributed by atoms with van der Waals surface area (Å²) in [6.45, 7) is 3.34. The van der Waals surface area contributed by atoms with Crippen LogP contribution in [-0.2, 0) is 6.54 Å². The van der Waals surface area contributed by atoms with E-state index in [1.165, 1.54) is 0 Å². The molecule has 2 rings (SSSR count). The van der Waals surface area contributed by atoms with Gasteiger partial charge < -0.3 is 15.4 Å². The van der Waals surface area contributed by atoms with Gasteiger partial charge in [-0.25, -0.2) is 10.1 Å². The van der Waals surface area contributed by atoms with Crippen LogP contribution in [0.4, 0.5) is 0 Å². The number of nitriles is 1. The van der Waals surface area contributed by atoms with Gasteiger partial charge in [-0.1, -0.05) is 6.07 Å². The predicted molar refractivity (Wildman–Crippen MR) is 69.8 cm³/mol. The van der Waals surface area contributed by atoms with Crippen molar-refractivity contribution in [3.63, 3.8) is 0 Å². The van der Waals surface area contributed by atoms with Crippen LogP contribution in [0.5, 0.6) is 0 Å². The summed E-state index contributed by atoms with van der Waals surface area (Å²) >= 11 is 0. The number of hydroxylamine groups is 2. The molecule has 1 aromatic heterocycles. The van der Waals surface area contributed by atoms with E-state index in [4.69, 9.17) is 5.26 Å². The van der Waals surface area contributed by atoms with Crippen molar-refractivity contribution in [2.45, 2.75) is 6.54 Å². The second kappa shape index (κ2) is 6.80. The zero-order chi connectivity index (χ0) is 13.5. The summed E-state index contributed by atoms with van der Waals surface area (Å²) in [5.41, 5.74) is 0.917. The molecule has 1 aromatic rings. The molecule has 0 spiro atoms. The second-order valence-electron chi connectivity index (χ2n) is 4.18. The van der Waals surface area contributed by atoms with Crippen LogP contribution in [0.3, 0.4) is 0 Å². The molecule has 0 amide bonds. The molecular weight excluding hydrogens is 244 g/mol. The van der Waals surface area contributed by atoms with Crippen LogP contribution < -0.4 is 10.4 Å². The number of hydrogen-bond donors (Lipinski definition) is 2. The molecule has 1 saturated heterocycles. The van der Waals surface area contributed by atoms with E-state index in [0.29, 0.717) is 19.6 Å². The molecule has 1 aliphatic heterocycles. The second-order valence-corrected chi connectivity index (χ2v) is 4.18. The number of rotatable bonds is 2. The molecule has 7 heteroatoms. The van der Waals surface area contributed by atoms with Crippen LogP contribution in [0.15, 0.2) is 29.5 Å². The first-order valence-corrected chi connectivity index (χ1v) is 6.14. The Morgan fingerprint density at radius 2 is 2.37 bits per heavy atom. The lowest BCUT2D eigenvalue weighted by molar-refractivity contribution is -0.674. The highest BCUT2D eigenvalue weighted by molar-refractivity contribution is 5.72. The van der Waals surface area contributed by atoms with Crippen molar-refractivity contribution in [2.24, 2.45) is 4.99 Å². The smallest absolute Gasteiger partial charge is 0.315 e. The molecule has 0 bridgehead atoms. The fourth-order valence-electron chi connectivity index (χ4n) is 1.90. The third kappa shape index (κ3) is 3.72. The molecule has 7 nitrogen and oxygen atoms in total. The van der Waals surface area contributed by atoms with E-state index >= 15 is 0 Å². The molecule has 100 valence electrons. The Labute approximate surface area is 111 Å². The molecule has 0 aromatic carbocycles. The predicted octanol–water partition coefficient (Wildman–Crippen LogP) is -1.29. The van der Waals surface area contributed by atoms with Crippen molar-refractivity contribution < 1.29 is 5.06 Å². The maximum atomic E-state index is 11.7. The quantitative estimate of drug-likeness (QED) is 0.299. The normalized spacial score (nSPS) is 17.9. The van der Waals surface area contributed by atoms with Gasteiger partial charge >= 0.3 is 12.2 Å². The highest BCUT2D eigenvalue weighted by atomic mass is 16.5. The lowest BCUT2D eigenvalue weighted by Crippen LogP contribution is -3.08. The van der Waals surface area contributed by atoms with Crippen LogP contribution in [0.25, 0.3) is 0 Å². The SMILES string of the molecule is N#C[NH+]([O-])C(=NCc1cccnc1)N1CCNCC1. The first-order valence-electron chi connectivity index (χ1n) is 6.14. The Balaban J connectivity index is 2.10. The van der Waals surface area contributed by atoms with Crippen molar-refractivity contribution in [2.75, 3.05) is 26.2 Å². The topological polar surface area (TPSA) is 91.8 Å². The number of guanidine groups is 1. The number of aliphatic imine (C=N–C) groups is 1. The first kappa shape index (κ1) is 13.4. The monoisotopic (exact) mass is 260 g/mol. The summed E-state index contributed by atoms with van der Waals surface area (Å²) in [5.74, 6) is 0.257. The van der Waals surface area contributed by atoms with Gasteiger partial charge in [-0.05, 0) is 11.6 Å². The number of hydrogen-bond acceptors (Lipinski definition) is 5. The zero-order valence-electron chi connectivity index (χ0n) is 10.5. The van der Waals surface area contributed by atoms with E-state index in [1.54, 1.807) is 18.6 Å². The van der Waals surface area contributed by atoms with E-state index in [9.17, 15) is 5.21 Å². The molecule has 0 radical (unpaired) electrons. The van der Waals surface area contributed by atoms with Gasteiger partial charge in [0, 0.05) is 38.6 Å². The molecule has 0 aliphatic carbocycles. The summed E-state index contributed by atoms with van der Waals surface area (Å²) in [4.78, 5) is 10.1. The number of nitrogens with zero attached hydrogens (tertiary/aromatic N) is 4. The molecule has 1 fully saturated rings. The lowest BCUT2D eigenvalue weighted by atomic mass is 10.3. The number of piperazine rings is 1. The highest BCUT2D eigenvalue weighted by Gasteiger charge is 2.20. The molecule has 1 atom stereocenters. The van der Waals surface area contributed by atoms with Gasteiger partial charge in [0.15, 0.2) is 0 Å². The summed E-state index contributed by atoms with van der Waals surface area (Å²) in [7, 11) is 0. The van der Waals surface area contributed by atoms with Crippen LogP contribution in [0.1, 0.15) is 5.56 Å². The van der Waals surface area contributed by atoms with Crippen molar-refractivity contribution in [1.29, 1.82) is 5.26 Å². The van der Waals surface area contributed by atoms with Gasteiger partial charge in [0.2, 0.25) is 0 Å². The Morgan fingerprint density at radius 1 is 1.58 bits per heavy atom. The third-order valence-electron chi connectivity index (χ3n) is 2.86. The Hall–Kier alpha value is -2.01. The van der Waals surface area contributed by atoms with Crippen molar-refractivity contribution in [3.05, 3.63) is 35.3 Å². The van der Waals surface area contributed by atoms with E-state index < -0.39 is 5.06 Å². The lowest BCUT2D eigenvalue weighted by Gasteiger charge is -2.30. The minimum atomic E-state index is -0.578. The minimum absolute atomic E-state index is 0.257. The largest absolute Gasteiger partial charge is 0.611 e. The van der Waals surface area contributed by atoms with Gasteiger partial charge in [0.25, 0.3) is 0 Å². The number of aromatic nitrogens is 1. The number of quaternary nitrogens is 1. The van der Waals surface area contributed by atoms with Crippen molar-refractivity contribution >= 4 is 5.96 Å². The van der Waals surface area contributed by atoms with Crippen LogP contribution >= 0.6 is 0 Å². The Kier molecular flexibility index (Phi) is 4.80. The van der Waals surface area contributed by atoms with Gasteiger partial charge in [-0.15, -0.1) is 5.26 Å². The molecule has 2 N–H and O–H groups in total. The van der Waals surface area contributed by atoms with Gasteiger partial charge in [0.1, 0.15) is 0 Å². The van der Waals surface area contributed by atoms with Crippen LogP contribution in [0, 0.1) is 16.7 Å². The maximum absolute atomic E-state index is 11.7. The van der Waals surface area contributed by atoms with Gasteiger partial charge in [0.05, 0.1) is 6.54 Å². The number of nitrogens with one attached hydrogen (secondary N) is 2. The number of pyridine rings is 1. The standard InChI is InChI=1S/C12H16N6O/c13-10-18(19)12(17-6-4-14-5-7-17)16-9-11-2-1-3-15-8-11/h1-3,8,14,18H,4-7,9H2. The fraction of sp³-hybridized carbons (Fsp3) is 0.417. The molecule has 2 heterocycles. The van der Waals surface area contributed by atoms with E-state index in [2.05, 4.69) is 15.3 Å². The van der Waals surface area contributed by atoms with Crippen LogP contribution in [0.2, 0.25) is 0 Å². The van der Waals surface area contributed by atoms with Gasteiger partial charge in [-0.3, -0.25) is 4.98 Å². The zero-order valence-corrected chi connectivity index (χ0v) is 10.5. The third-order valence-corrected chi connectivity index (χ3v) is 2.86. The Bertz CT molecular complexity index is 463. The highest BCUT2D eigenvalue weighted by Crippen LogP contribution is 1.99. The minimum Gasteiger partial charge on any atom is -0.611 e. The average Bonchev–Trinajstić information content (AvgIpc) is 2.49. The Morgan fingerprint density at radius 3 is 3.00 bits per heavy atom. The summed E-state index contributed by atoms with van der Waals surface area (Å²) in [6, 6.07) is 3.71. The molecular formula is C12H16N6O. The average molecular weight is 260 g/mol. The van der Waals surface area contributed by atoms with Gasteiger partial charge in [-0.2, -0.15) is 0 Å². The maximum Gasteiger partial charge on any atom is 0.315 e. The summed E-state index contributed by atoms with van der Waals surface area (Å²) < 4.78 is 0. The van der Waals surface area contributed by atoms with Crippen molar-refractivity contribution in [1.82, 2.24) is 15.2 Å². The molecule has 0 saturated carbocycles. The first-order chi connectivity index (χ1) is 9.31. The van der Waals surface area contributed by atoms with Crippen molar-refractivity contribution in [3.8, 4) is 6.19 Å². The summed E-state index contributed by atoms with van der Waals surface area (Å²) in [5, 5.41) is 23.1. The van der Waals surface area contributed by atoms with Crippen LogP contribution in [-0.4, -0.2) is 42.0 Å². The molecule has 1 unspecified atom stereocenters. The fourth-order valence-corrected chi connectivity index (χ4v) is 1.90. The molecule has 1 aliphatic rings. The van der Waals surface area contributed by atoms with E-state index in [0.717, 1.165) is 18.7 Å². The summed E-state index contributed by atoms with van der Waals surface area (Å²) in [6.07, 6.45) is 5.04. The molecule has 19 heavy (non-hydrogen) atoms. The van der Waals surface area contributed by atoms with E-state index in [1.807, 2.05) is 17.0 Å².